The highest BCUT2D eigenvalue weighted by molar-refractivity contribution is 6.36. The normalized spacial score (nSPS) is 11.9. The Hall–Kier alpha value is -2.60. The lowest BCUT2D eigenvalue weighted by atomic mass is 9.77. The van der Waals surface area contributed by atoms with Crippen LogP contribution >= 0.6 is 0 Å². The van der Waals surface area contributed by atoms with Crippen molar-refractivity contribution in [2.45, 2.75) is 108 Å². The van der Waals surface area contributed by atoms with Gasteiger partial charge in [0, 0.05) is 0 Å². The van der Waals surface area contributed by atoms with Crippen molar-refractivity contribution in [1.29, 1.82) is 0 Å². The van der Waals surface area contributed by atoms with Crippen molar-refractivity contribution in [2.24, 2.45) is 0 Å². The van der Waals surface area contributed by atoms with Crippen molar-refractivity contribution in [3.8, 4) is 0 Å². The minimum atomic E-state index is 0. The van der Waals surface area contributed by atoms with E-state index in [9.17, 15) is 0 Å². The maximum Gasteiger partial charge on any atom is -0.00151 e. The van der Waals surface area contributed by atoms with Crippen LogP contribution in [0.3, 0.4) is 0 Å². The topological polar surface area (TPSA) is 0 Å². The van der Waals surface area contributed by atoms with E-state index in [1.807, 2.05) is 0 Å². The summed E-state index contributed by atoms with van der Waals surface area (Å²) in [6, 6.07) is 10.2. The Bertz CT molecular complexity index is 1510. The Labute approximate surface area is 219 Å². The highest BCUT2D eigenvalue weighted by atomic mass is 14.3. The smallest absolute Gasteiger partial charge is 0.00151 e. The second kappa shape index (κ2) is 10.0. The van der Waals surface area contributed by atoms with Gasteiger partial charge in [-0.2, -0.15) is 0 Å². The third-order valence-electron chi connectivity index (χ3n) is 8.74. The van der Waals surface area contributed by atoms with Crippen LogP contribution in [-0.4, -0.2) is 0 Å². The van der Waals surface area contributed by atoms with E-state index in [0.29, 0.717) is 0 Å². The van der Waals surface area contributed by atoms with Crippen LogP contribution in [0.2, 0.25) is 0 Å². The zero-order valence-electron chi connectivity index (χ0n) is 23.3. The Morgan fingerprint density at radius 3 is 0.917 bits per heavy atom. The molecule has 36 heavy (non-hydrogen) atoms. The maximum atomic E-state index is 2.56. The van der Waals surface area contributed by atoms with Crippen LogP contribution < -0.4 is 0 Å². The van der Waals surface area contributed by atoms with E-state index in [2.05, 4.69) is 79.7 Å². The van der Waals surface area contributed by atoms with Crippen molar-refractivity contribution in [3.05, 3.63) is 68.8 Å². The van der Waals surface area contributed by atoms with Gasteiger partial charge in [0.2, 0.25) is 0 Å². The first-order chi connectivity index (χ1) is 17.0. The summed E-state index contributed by atoms with van der Waals surface area (Å²) in [4.78, 5) is 0. The quantitative estimate of drug-likeness (QED) is 0.161. The summed E-state index contributed by atoms with van der Waals surface area (Å²) < 4.78 is 0. The zero-order valence-corrected chi connectivity index (χ0v) is 23.3. The molecular formula is C36H46. The molecule has 0 fully saturated rings. The fourth-order valence-electron chi connectivity index (χ4n) is 7.09. The Kier molecular flexibility index (Phi) is 7.38. The van der Waals surface area contributed by atoms with Gasteiger partial charge in [0.05, 0.1) is 0 Å². The largest absolute Gasteiger partial charge is 0.0776 e. The molecule has 0 bridgehead atoms. The van der Waals surface area contributed by atoms with E-state index < -0.39 is 0 Å². The van der Waals surface area contributed by atoms with Crippen LogP contribution in [-0.2, 0) is 44.9 Å². The fourth-order valence-corrected chi connectivity index (χ4v) is 7.09. The minimum absolute atomic E-state index is 0. The van der Waals surface area contributed by atoms with Gasteiger partial charge in [-0.15, -0.1) is 0 Å². The van der Waals surface area contributed by atoms with E-state index in [-0.39, 0.29) is 7.43 Å². The van der Waals surface area contributed by atoms with Crippen LogP contribution in [0.5, 0.6) is 0 Å². The summed E-state index contributed by atoms with van der Waals surface area (Å²) in [6.07, 6.45) is 7.59. The second-order valence-corrected chi connectivity index (χ2v) is 10.4. The average molecular weight is 479 g/mol. The van der Waals surface area contributed by atoms with Gasteiger partial charge >= 0.3 is 0 Å². The highest BCUT2D eigenvalue weighted by Crippen LogP contribution is 2.49. The van der Waals surface area contributed by atoms with Gasteiger partial charge in [0.1, 0.15) is 0 Å². The molecule has 5 aromatic carbocycles. The zero-order chi connectivity index (χ0) is 25.0. The van der Waals surface area contributed by atoms with Crippen molar-refractivity contribution < 1.29 is 0 Å². The Morgan fingerprint density at radius 1 is 0.333 bits per heavy atom. The van der Waals surface area contributed by atoms with Gasteiger partial charge in [0.25, 0.3) is 0 Å². The molecule has 0 radical (unpaired) electrons. The Morgan fingerprint density at radius 2 is 0.583 bits per heavy atom. The number of fused-ring (bicyclic) bond motifs is 2. The first-order valence-electron chi connectivity index (χ1n) is 14.2. The lowest BCUT2D eigenvalue weighted by Gasteiger charge is -2.27. The summed E-state index contributed by atoms with van der Waals surface area (Å²) in [7, 11) is 0. The molecule has 0 atom stereocenters. The lowest BCUT2D eigenvalue weighted by molar-refractivity contribution is 1.08. The van der Waals surface area contributed by atoms with E-state index in [1.54, 1.807) is 37.7 Å². The molecule has 0 aliphatic heterocycles. The molecule has 0 aromatic heterocycles. The van der Waals surface area contributed by atoms with Gasteiger partial charge in [-0.1, -0.05) is 80.2 Å². The molecule has 0 aliphatic carbocycles. The summed E-state index contributed by atoms with van der Waals surface area (Å²) >= 11 is 0. The molecule has 190 valence electrons. The fraction of sp³-hybridized carbons (Fsp3) is 0.444. The number of benzene rings is 5. The van der Waals surface area contributed by atoms with Crippen molar-refractivity contribution >= 4 is 43.1 Å². The molecular weight excluding hydrogens is 432 g/mol. The summed E-state index contributed by atoms with van der Waals surface area (Å²) in [5, 5.41) is 12.4. The average Bonchev–Trinajstić information content (AvgIpc) is 2.90. The first-order valence-corrected chi connectivity index (χ1v) is 14.2. The van der Waals surface area contributed by atoms with Crippen molar-refractivity contribution in [1.82, 2.24) is 0 Å². The van der Waals surface area contributed by atoms with Gasteiger partial charge in [-0.3, -0.25) is 0 Å². The second-order valence-electron chi connectivity index (χ2n) is 10.4. The van der Waals surface area contributed by atoms with E-state index in [4.69, 9.17) is 0 Å². The first kappa shape index (κ1) is 26.5. The molecule has 5 rings (SSSR count). The number of hydrogen-bond donors (Lipinski definition) is 0. The summed E-state index contributed by atoms with van der Waals surface area (Å²) in [5.74, 6) is 0. The van der Waals surface area contributed by atoms with Crippen molar-refractivity contribution in [2.75, 3.05) is 0 Å². The molecule has 0 heterocycles. The predicted octanol–water partition coefficient (Wildman–Crippen LogP) is 10.6. The number of hydrogen-bond acceptors (Lipinski definition) is 0. The van der Waals surface area contributed by atoms with Crippen LogP contribution in [0.4, 0.5) is 0 Å². The molecule has 0 saturated heterocycles. The minimum Gasteiger partial charge on any atom is -0.0776 e. The third-order valence-corrected chi connectivity index (χ3v) is 8.74. The molecule has 0 unspecified atom stereocenters. The highest BCUT2D eigenvalue weighted by Gasteiger charge is 2.25. The maximum absolute atomic E-state index is 2.56. The number of rotatable bonds is 7. The van der Waals surface area contributed by atoms with Crippen LogP contribution in [0.25, 0.3) is 43.1 Å². The molecule has 5 aromatic rings. The predicted molar refractivity (Wildman–Crippen MR) is 165 cm³/mol. The summed E-state index contributed by atoms with van der Waals surface area (Å²) in [5.41, 5.74) is 12.2. The standard InChI is InChI=1S/C35H42.CH4/c1-9-21-16-20(8)28-22(10-2)17-25(13-5)31-33-27(15-7)19-24(12-4)29-23(11-3)18-26(14-6)32(35(29)33)30(21)34(28)31;/h16-19H,9-15H2,1-8H3;1H4. The third kappa shape index (κ3) is 3.47. The molecule has 0 saturated carbocycles. The van der Waals surface area contributed by atoms with Gasteiger partial charge < -0.3 is 0 Å². The molecule has 0 N–H and O–H groups in total. The van der Waals surface area contributed by atoms with Crippen LogP contribution in [0, 0.1) is 6.92 Å². The molecule has 0 spiro atoms. The molecule has 0 aliphatic rings. The Balaban J connectivity index is 0.00000304. The van der Waals surface area contributed by atoms with Crippen LogP contribution in [0.1, 0.15) is 100 Å². The van der Waals surface area contributed by atoms with E-state index in [1.165, 1.54) is 49.9 Å². The number of aryl methyl sites for hydroxylation is 8. The molecule has 0 amide bonds. The summed E-state index contributed by atoms with van der Waals surface area (Å²) in [6.45, 7) is 18.8. The SMILES string of the molecule is C.CCc1cc(CC)c2c3c(CC)cc(CC)c4c(CC)cc(CC)c(c5c(CC)cc(C)c1c52)c43. The van der Waals surface area contributed by atoms with Gasteiger partial charge in [-0.25, -0.2) is 0 Å². The van der Waals surface area contributed by atoms with E-state index >= 15 is 0 Å². The van der Waals surface area contributed by atoms with Gasteiger partial charge in [-0.05, 0) is 139 Å². The monoisotopic (exact) mass is 478 g/mol. The van der Waals surface area contributed by atoms with Crippen molar-refractivity contribution in [3.63, 3.8) is 0 Å². The molecule has 0 heteroatoms. The van der Waals surface area contributed by atoms with Gasteiger partial charge in [0.15, 0.2) is 0 Å². The van der Waals surface area contributed by atoms with E-state index in [0.717, 1.165) is 44.9 Å². The molecule has 0 nitrogen and oxygen atoms in total. The van der Waals surface area contributed by atoms with Crippen LogP contribution in [0.15, 0.2) is 24.3 Å². The lowest BCUT2D eigenvalue weighted by Crippen LogP contribution is -2.04.